The maximum absolute atomic E-state index is 14.0. The van der Waals surface area contributed by atoms with E-state index in [-0.39, 0.29) is 28.9 Å². The van der Waals surface area contributed by atoms with Crippen LogP contribution in [0.25, 0.3) is 0 Å². The zero-order valence-corrected chi connectivity index (χ0v) is 26.9. The van der Waals surface area contributed by atoms with Crippen molar-refractivity contribution >= 4 is 23.6 Å². The zero-order chi connectivity index (χ0) is 36.3. The lowest BCUT2D eigenvalue weighted by molar-refractivity contribution is -0.224. The van der Waals surface area contributed by atoms with E-state index in [0.717, 1.165) is 0 Å². The van der Waals surface area contributed by atoms with Crippen LogP contribution < -0.4 is 20.1 Å². The van der Waals surface area contributed by atoms with Gasteiger partial charge in [-0.1, -0.05) is 44.2 Å². The van der Waals surface area contributed by atoms with Gasteiger partial charge >= 0.3 is 12.1 Å². The third-order valence-corrected chi connectivity index (χ3v) is 7.67. The van der Waals surface area contributed by atoms with Crippen molar-refractivity contribution in [3.05, 3.63) is 95.1 Å². The second-order valence-electron chi connectivity index (χ2n) is 11.5. The van der Waals surface area contributed by atoms with Crippen molar-refractivity contribution in [2.24, 2.45) is 11.8 Å². The monoisotopic (exact) mass is 683 g/mol. The predicted molar refractivity (Wildman–Crippen MR) is 170 cm³/mol. The highest BCUT2D eigenvalue weighted by atomic mass is 19.4. The van der Waals surface area contributed by atoms with Crippen molar-refractivity contribution < 1.29 is 52.0 Å². The molecule has 4 N–H and O–H groups in total. The molecule has 11 nitrogen and oxygen atoms in total. The third kappa shape index (κ3) is 11.1. The number of ketones is 1. The number of nitrogens with one attached hydrogen (secondary N) is 2. The molecule has 260 valence electrons. The number of carbonyl (C=O) groups is 4. The highest BCUT2D eigenvalue weighted by Crippen LogP contribution is 2.33. The van der Waals surface area contributed by atoms with Gasteiger partial charge in [0.05, 0.1) is 18.7 Å². The molecule has 49 heavy (non-hydrogen) atoms. The van der Waals surface area contributed by atoms with Crippen LogP contribution in [0.15, 0.2) is 72.8 Å². The van der Waals surface area contributed by atoms with Gasteiger partial charge in [0, 0.05) is 24.3 Å². The molecule has 3 aromatic carbocycles. The summed E-state index contributed by atoms with van der Waals surface area (Å²) in [6, 6.07) is 16.8. The van der Waals surface area contributed by atoms with Gasteiger partial charge in [-0.2, -0.15) is 18.4 Å². The Morgan fingerprint density at radius 3 is 2.20 bits per heavy atom. The van der Waals surface area contributed by atoms with E-state index in [1.807, 2.05) is 6.07 Å². The molecule has 0 unspecified atom stereocenters. The molecule has 0 radical (unpaired) electrons. The Morgan fingerprint density at radius 2 is 1.61 bits per heavy atom. The molecule has 0 bridgehead atoms. The van der Waals surface area contributed by atoms with Crippen LogP contribution in [0.5, 0.6) is 11.5 Å². The van der Waals surface area contributed by atoms with Crippen LogP contribution in [0.1, 0.15) is 53.4 Å². The third-order valence-electron chi connectivity index (χ3n) is 7.67. The number of methoxy groups -OCH3 is 1. The summed E-state index contributed by atoms with van der Waals surface area (Å²) in [5.74, 6) is -5.50. The second-order valence-corrected chi connectivity index (χ2v) is 11.5. The average Bonchev–Trinajstić information content (AvgIpc) is 3.07. The van der Waals surface area contributed by atoms with E-state index < -0.39 is 72.8 Å². The normalized spacial score (nSPS) is 13.7. The number of carboxylic acid groups (broad SMARTS) is 1. The summed E-state index contributed by atoms with van der Waals surface area (Å²) in [5.41, 5.74) is 0.970. The molecule has 3 aromatic rings. The minimum atomic E-state index is -4.99. The number of aliphatic hydroxyl groups excluding tert-OH is 1. The first-order valence-corrected chi connectivity index (χ1v) is 15.1. The van der Waals surface area contributed by atoms with Crippen LogP contribution in [0.4, 0.5) is 13.2 Å². The van der Waals surface area contributed by atoms with Crippen LogP contribution in [-0.4, -0.2) is 65.8 Å². The minimum absolute atomic E-state index is 0.00941. The number of alkyl halides is 3. The van der Waals surface area contributed by atoms with E-state index in [1.165, 1.54) is 75.6 Å². The molecule has 14 heteroatoms. The zero-order valence-electron chi connectivity index (χ0n) is 26.9. The summed E-state index contributed by atoms with van der Waals surface area (Å²) >= 11 is 0. The lowest BCUT2D eigenvalue weighted by Crippen LogP contribution is -2.50. The van der Waals surface area contributed by atoms with Gasteiger partial charge in [0.1, 0.15) is 23.6 Å². The van der Waals surface area contributed by atoms with E-state index >= 15 is 0 Å². The molecule has 0 heterocycles. The van der Waals surface area contributed by atoms with Crippen LogP contribution in [0.2, 0.25) is 0 Å². The summed E-state index contributed by atoms with van der Waals surface area (Å²) in [6.07, 6.45) is -8.68. The van der Waals surface area contributed by atoms with Crippen LogP contribution in [-0.2, 0) is 20.8 Å². The predicted octanol–water partition coefficient (Wildman–Crippen LogP) is 4.38. The van der Waals surface area contributed by atoms with Gasteiger partial charge in [-0.05, 0) is 59.5 Å². The van der Waals surface area contributed by atoms with E-state index in [4.69, 9.17) is 14.6 Å². The molecule has 2 amide bonds. The van der Waals surface area contributed by atoms with Gasteiger partial charge in [0.2, 0.25) is 5.91 Å². The topological polar surface area (TPSA) is 175 Å². The molecule has 4 atom stereocenters. The largest absolute Gasteiger partial charge is 0.497 e. The van der Waals surface area contributed by atoms with Crippen LogP contribution in [0, 0.1) is 23.2 Å². The smallest absolute Gasteiger partial charge is 0.414 e. The number of aliphatic hydroxyl groups is 1. The molecular weight excluding hydrogens is 647 g/mol. The number of nitriles is 1. The average molecular weight is 684 g/mol. The lowest BCUT2D eigenvalue weighted by Gasteiger charge is -2.29. The minimum Gasteiger partial charge on any atom is -0.497 e. The number of aliphatic carboxylic acids is 1. The number of benzene rings is 3. The maximum atomic E-state index is 14.0. The number of hydrogen-bond acceptors (Lipinski definition) is 8. The molecule has 0 aromatic heterocycles. The van der Waals surface area contributed by atoms with Gasteiger partial charge in [-0.25, -0.2) is 4.79 Å². The highest BCUT2D eigenvalue weighted by Gasteiger charge is 2.45. The number of rotatable bonds is 16. The fourth-order valence-electron chi connectivity index (χ4n) is 5.02. The van der Waals surface area contributed by atoms with Crippen molar-refractivity contribution in [2.75, 3.05) is 13.7 Å². The van der Waals surface area contributed by atoms with Gasteiger partial charge < -0.3 is 30.3 Å². The fraction of sp³-hybridized carbons (Fsp3) is 0.343. The quantitative estimate of drug-likeness (QED) is 0.171. The Labute approximate surface area is 280 Å². The first-order valence-electron chi connectivity index (χ1n) is 15.1. The van der Waals surface area contributed by atoms with Gasteiger partial charge in [-0.15, -0.1) is 0 Å². The van der Waals surface area contributed by atoms with Crippen molar-refractivity contribution in [2.45, 2.75) is 51.1 Å². The highest BCUT2D eigenvalue weighted by molar-refractivity contribution is 5.99. The Balaban J connectivity index is 1.98. The van der Waals surface area contributed by atoms with Gasteiger partial charge in [0.25, 0.3) is 5.91 Å². The molecule has 0 spiro atoms. The van der Waals surface area contributed by atoms with Crippen molar-refractivity contribution in [3.63, 3.8) is 0 Å². The molecule has 0 fully saturated rings. The number of Topliss-reactive ketones (excluding diaryl/α,β-unsaturated/α-hetero) is 1. The molecule has 0 aliphatic carbocycles. The molecule has 0 aliphatic rings. The van der Waals surface area contributed by atoms with Gasteiger partial charge in [0.15, 0.2) is 18.5 Å². The number of ether oxygens (including phenoxy) is 2. The number of hydrogen-bond donors (Lipinski definition) is 4. The van der Waals surface area contributed by atoms with Crippen LogP contribution >= 0.6 is 0 Å². The van der Waals surface area contributed by atoms with E-state index in [1.54, 1.807) is 18.2 Å². The Kier molecular flexibility index (Phi) is 13.3. The molecule has 3 rings (SSSR count). The van der Waals surface area contributed by atoms with Crippen molar-refractivity contribution in [1.82, 2.24) is 10.6 Å². The van der Waals surface area contributed by atoms with E-state index in [2.05, 4.69) is 10.6 Å². The fourth-order valence-corrected chi connectivity index (χ4v) is 5.02. The SMILES string of the molecule is COc1ccc([C@H](NC(=O)[C@H](Cc2cccc(C#N)c2)NC(=O)c2cccc(OCC(=O)O)c2)C(=O)C[C@@H](C(C)C)[C@H](O)C(F)(F)F)cc1. The molecule has 0 saturated carbocycles. The number of carboxylic acids is 1. The second kappa shape index (κ2) is 17.1. The first kappa shape index (κ1) is 38.0. The molecule has 0 aliphatic heterocycles. The number of nitrogens with zero attached hydrogens (tertiary/aromatic N) is 1. The molecular formula is C35H36F3N3O8. The lowest BCUT2D eigenvalue weighted by atomic mass is 9.83. The van der Waals surface area contributed by atoms with Crippen molar-refractivity contribution in [1.29, 1.82) is 5.26 Å². The van der Waals surface area contributed by atoms with E-state index in [9.17, 15) is 42.7 Å². The Morgan fingerprint density at radius 1 is 0.939 bits per heavy atom. The summed E-state index contributed by atoms with van der Waals surface area (Å²) in [6.45, 7) is 2.22. The van der Waals surface area contributed by atoms with Gasteiger partial charge in [-0.3, -0.25) is 14.4 Å². The summed E-state index contributed by atoms with van der Waals surface area (Å²) in [5, 5.41) is 33.5. The standard InChI is InChI=1S/C35H36F3N3O8/c1-20(2)27(32(45)35(36,37)38)17-29(42)31(23-10-12-25(48-3)13-11-23)41-34(47)28(15-21-6-4-7-22(14-21)18-39)40-33(46)24-8-5-9-26(16-24)49-19-30(43)44/h4-14,16,20,27-28,31-32,45H,15,17,19H2,1-3H3,(H,40,46)(H,41,47)(H,43,44)/t27-,28-,31-,32-/m0/s1. The number of amides is 2. The summed E-state index contributed by atoms with van der Waals surface area (Å²) in [4.78, 5) is 52.0. The number of carbonyl (C=O) groups excluding carboxylic acids is 3. The summed E-state index contributed by atoms with van der Waals surface area (Å²) < 4.78 is 50.9. The first-order chi connectivity index (χ1) is 23.1. The Bertz CT molecular complexity index is 1670. The van der Waals surface area contributed by atoms with Crippen LogP contribution in [0.3, 0.4) is 0 Å². The maximum Gasteiger partial charge on any atom is 0.414 e. The molecule has 0 saturated heterocycles. The number of halogens is 3. The summed E-state index contributed by atoms with van der Waals surface area (Å²) in [7, 11) is 1.41. The Hall–Kier alpha value is -5.42. The van der Waals surface area contributed by atoms with Crippen molar-refractivity contribution in [3.8, 4) is 17.6 Å². The van der Waals surface area contributed by atoms with E-state index in [0.29, 0.717) is 11.3 Å².